The lowest BCUT2D eigenvalue weighted by atomic mass is 10.1. The van der Waals surface area contributed by atoms with Crippen LogP contribution in [0, 0.1) is 15.9 Å². The molecule has 0 unspecified atom stereocenters. The van der Waals surface area contributed by atoms with Crippen molar-refractivity contribution in [3.63, 3.8) is 0 Å². The Morgan fingerprint density at radius 1 is 1.28 bits per heavy atom. The molecule has 100 valence electrons. The lowest BCUT2D eigenvalue weighted by Crippen LogP contribution is -2.19. The van der Waals surface area contributed by atoms with Crippen molar-refractivity contribution >= 4 is 11.4 Å². The van der Waals surface area contributed by atoms with Gasteiger partial charge in [0.1, 0.15) is 5.82 Å². The second kappa shape index (κ2) is 6.93. The van der Waals surface area contributed by atoms with Crippen molar-refractivity contribution in [1.82, 2.24) is 0 Å². The number of nitro benzene ring substituents is 1. The van der Waals surface area contributed by atoms with E-state index in [1.807, 2.05) is 0 Å². The lowest BCUT2D eigenvalue weighted by molar-refractivity contribution is -0.385. The molecule has 1 rings (SSSR count). The Hall–Kier alpha value is -1.65. The van der Waals surface area contributed by atoms with Crippen molar-refractivity contribution in [2.45, 2.75) is 45.6 Å². The molecule has 1 N–H and O–H groups in total. The summed E-state index contributed by atoms with van der Waals surface area (Å²) in [6, 6.07) is 3.84. The van der Waals surface area contributed by atoms with E-state index in [4.69, 9.17) is 0 Å². The normalized spacial score (nSPS) is 10.7. The Morgan fingerprint density at radius 2 is 1.89 bits per heavy atom. The molecular weight excluding hydrogens is 235 g/mol. The topological polar surface area (TPSA) is 55.2 Å². The third-order valence-electron chi connectivity index (χ3n) is 2.74. The van der Waals surface area contributed by atoms with Gasteiger partial charge in [-0.25, -0.2) is 4.39 Å². The molecule has 0 spiro atoms. The summed E-state index contributed by atoms with van der Waals surface area (Å²) in [7, 11) is 0. The minimum atomic E-state index is -0.585. The Balaban J connectivity index is 2.84. The van der Waals surface area contributed by atoms with E-state index in [0.29, 0.717) is 5.69 Å². The van der Waals surface area contributed by atoms with Gasteiger partial charge in [0.05, 0.1) is 11.0 Å². The van der Waals surface area contributed by atoms with E-state index < -0.39 is 10.7 Å². The van der Waals surface area contributed by atoms with Crippen LogP contribution in [0.15, 0.2) is 18.2 Å². The molecule has 4 nitrogen and oxygen atoms in total. The van der Waals surface area contributed by atoms with Crippen LogP contribution in [0.1, 0.15) is 39.5 Å². The third kappa shape index (κ3) is 4.31. The molecule has 0 atom stereocenters. The van der Waals surface area contributed by atoms with Gasteiger partial charge in [0.15, 0.2) is 0 Å². The van der Waals surface area contributed by atoms with Gasteiger partial charge >= 0.3 is 0 Å². The summed E-state index contributed by atoms with van der Waals surface area (Å²) < 4.78 is 13.3. The van der Waals surface area contributed by atoms with Gasteiger partial charge in [0.2, 0.25) is 0 Å². The van der Waals surface area contributed by atoms with E-state index in [1.54, 1.807) is 0 Å². The number of nitrogens with zero attached hydrogens (tertiary/aromatic N) is 1. The van der Waals surface area contributed by atoms with Crippen molar-refractivity contribution in [1.29, 1.82) is 0 Å². The van der Waals surface area contributed by atoms with Crippen LogP contribution in [-0.4, -0.2) is 11.0 Å². The van der Waals surface area contributed by atoms with Crippen molar-refractivity contribution in [3.8, 4) is 0 Å². The maximum Gasteiger partial charge on any atom is 0.274 e. The summed E-state index contributed by atoms with van der Waals surface area (Å²) in [4.78, 5) is 10.1. The quantitative estimate of drug-likeness (QED) is 0.588. The SMILES string of the molecule is CCCC(CCC)Nc1cc(F)cc([N+](=O)[O-])c1. The highest BCUT2D eigenvalue weighted by Gasteiger charge is 2.12. The van der Waals surface area contributed by atoms with Crippen LogP contribution in [0.2, 0.25) is 0 Å². The van der Waals surface area contributed by atoms with Gasteiger partial charge in [-0.1, -0.05) is 26.7 Å². The van der Waals surface area contributed by atoms with Crippen LogP contribution in [0.25, 0.3) is 0 Å². The van der Waals surface area contributed by atoms with Crippen LogP contribution in [-0.2, 0) is 0 Å². The number of halogens is 1. The Bertz CT molecular complexity index is 404. The molecule has 0 aliphatic carbocycles. The monoisotopic (exact) mass is 254 g/mol. The van der Waals surface area contributed by atoms with Crippen molar-refractivity contribution in [2.24, 2.45) is 0 Å². The fourth-order valence-corrected chi connectivity index (χ4v) is 1.98. The highest BCUT2D eigenvalue weighted by atomic mass is 19.1. The number of nitrogens with one attached hydrogen (secondary N) is 1. The van der Waals surface area contributed by atoms with Crippen LogP contribution in [0.4, 0.5) is 15.8 Å². The molecular formula is C13H19FN2O2. The lowest BCUT2D eigenvalue weighted by Gasteiger charge is -2.18. The molecule has 0 saturated carbocycles. The molecule has 1 aromatic carbocycles. The predicted molar refractivity (Wildman–Crippen MR) is 70.3 cm³/mol. The number of nitro groups is 1. The first-order chi connectivity index (χ1) is 8.56. The molecule has 5 heteroatoms. The van der Waals surface area contributed by atoms with Gasteiger partial charge in [-0.05, 0) is 18.9 Å². The molecule has 0 fully saturated rings. The van der Waals surface area contributed by atoms with E-state index in [0.717, 1.165) is 31.7 Å². The molecule has 1 aromatic rings. The van der Waals surface area contributed by atoms with E-state index in [2.05, 4.69) is 19.2 Å². The molecule has 0 heterocycles. The van der Waals surface area contributed by atoms with Crippen LogP contribution in [0.5, 0.6) is 0 Å². The maximum absolute atomic E-state index is 13.3. The number of anilines is 1. The van der Waals surface area contributed by atoms with Gasteiger partial charge in [-0.2, -0.15) is 0 Å². The summed E-state index contributed by atoms with van der Waals surface area (Å²) in [6.07, 6.45) is 3.99. The molecule has 0 amide bonds. The number of hydrogen-bond acceptors (Lipinski definition) is 3. The number of hydrogen-bond donors (Lipinski definition) is 1. The largest absolute Gasteiger partial charge is 0.382 e. The second-order valence-electron chi connectivity index (χ2n) is 4.37. The third-order valence-corrected chi connectivity index (χ3v) is 2.74. The average molecular weight is 254 g/mol. The number of rotatable bonds is 7. The molecule has 0 aliphatic rings. The number of benzene rings is 1. The van der Waals surface area contributed by atoms with E-state index >= 15 is 0 Å². The van der Waals surface area contributed by atoms with Crippen LogP contribution < -0.4 is 5.32 Å². The van der Waals surface area contributed by atoms with Gasteiger partial charge in [-0.3, -0.25) is 10.1 Å². The van der Waals surface area contributed by atoms with E-state index in [9.17, 15) is 14.5 Å². The van der Waals surface area contributed by atoms with Crippen molar-refractivity contribution in [2.75, 3.05) is 5.32 Å². The predicted octanol–water partition coefficient (Wildman–Crippen LogP) is 4.11. The van der Waals surface area contributed by atoms with Gasteiger partial charge in [-0.15, -0.1) is 0 Å². The van der Waals surface area contributed by atoms with E-state index in [-0.39, 0.29) is 11.7 Å². The highest BCUT2D eigenvalue weighted by Crippen LogP contribution is 2.22. The minimum absolute atomic E-state index is 0.218. The summed E-state index contributed by atoms with van der Waals surface area (Å²) in [5.74, 6) is -0.585. The van der Waals surface area contributed by atoms with Crippen LogP contribution >= 0.6 is 0 Å². The summed E-state index contributed by atoms with van der Waals surface area (Å²) in [5.41, 5.74) is 0.262. The number of non-ortho nitro benzene ring substituents is 1. The standard InChI is InChI=1S/C13H19FN2O2/c1-3-5-11(6-4-2)15-12-7-10(14)8-13(9-12)16(17)18/h7-9,11,15H,3-6H2,1-2H3. The van der Waals surface area contributed by atoms with Crippen LogP contribution in [0.3, 0.4) is 0 Å². The Kier molecular flexibility index (Phi) is 5.55. The molecule has 0 aromatic heterocycles. The first-order valence-corrected chi connectivity index (χ1v) is 6.28. The summed E-state index contributed by atoms with van der Waals surface area (Å²) >= 11 is 0. The summed E-state index contributed by atoms with van der Waals surface area (Å²) in [6.45, 7) is 4.16. The Labute approximate surface area is 106 Å². The smallest absolute Gasteiger partial charge is 0.274 e. The summed E-state index contributed by atoms with van der Waals surface area (Å²) in [5, 5.41) is 13.8. The van der Waals surface area contributed by atoms with Gasteiger partial charge in [0.25, 0.3) is 5.69 Å². The second-order valence-corrected chi connectivity index (χ2v) is 4.37. The first-order valence-electron chi connectivity index (χ1n) is 6.28. The molecule has 0 radical (unpaired) electrons. The van der Waals surface area contributed by atoms with E-state index in [1.165, 1.54) is 12.1 Å². The van der Waals surface area contributed by atoms with Crippen molar-refractivity contribution < 1.29 is 9.31 Å². The minimum Gasteiger partial charge on any atom is -0.382 e. The van der Waals surface area contributed by atoms with Gasteiger partial charge in [0, 0.05) is 17.8 Å². The molecule has 18 heavy (non-hydrogen) atoms. The zero-order chi connectivity index (χ0) is 13.5. The maximum atomic E-state index is 13.3. The zero-order valence-corrected chi connectivity index (χ0v) is 10.8. The highest BCUT2D eigenvalue weighted by molar-refractivity contribution is 5.52. The first kappa shape index (κ1) is 14.4. The molecule has 0 bridgehead atoms. The zero-order valence-electron chi connectivity index (χ0n) is 10.8. The van der Waals surface area contributed by atoms with Crippen molar-refractivity contribution in [3.05, 3.63) is 34.1 Å². The fraction of sp³-hybridized carbons (Fsp3) is 0.538. The fourth-order valence-electron chi connectivity index (χ4n) is 1.98. The molecule has 0 aliphatic heterocycles. The molecule has 0 saturated heterocycles. The average Bonchev–Trinajstić information content (AvgIpc) is 2.28. The van der Waals surface area contributed by atoms with Gasteiger partial charge < -0.3 is 5.32 Å². The Morgan fingerprint density at radius 3 is 2.39 bits per heavy atom.